The lowest BCUT2D eigenvalue weighted by Crippen LogP contribution is -2.36. The highest BCUT2D eigenvalue weighted by Gasteiger charge is 2.20. The van der Waals surface area contributed by atoms with Crippen LogP contribution in [0, 0.1) is 5.92 Å². The predicted octanol–water partition coefficient (Wildman–Crippen LogP) is 3.58. The first kappa shape index (κ1) is 20.5. The number of hydrogen-bond donors (Lipinski definition) is 2. The Balaban J connectivity index is 1.72. The molecule has 1 atom stereocenters. The van der Waals surface area contributed by atoms with Gasteiger partial charge >= 0.3 is 6.09 Å². The molecule has 27 heavy (non-hydrogen) atoms. The van der Waals surface area contributed by atoms with E-state index >= 15 is 0 Å². The first-order valence-corrected chi connectivity index (χ1v) is 8.97. The van der Waals surface area contributed by atoms with Gasteiger partial charge in [0.05, 0.1) is 12.5 Å². The lowest BCUT2D eigenvalue weighted by Gasteiger charge is -2.20. The summed E-state index contributed by atoms with van der Waals surface area (Å²) in [6.07, 6.45) is -0.997. The first-order chi connectivity index (χ1) is 13.0. The zero-order valence-electron chi connectivity index (χ0n) is 15.7. The molecular formula is C21H26N2O4. The molecule has 0 bridgehead atoms. The number of carbonyl (C=O) groups excluding carboxylic acids is 2. The van der Waals surface area contributed by atoms with Gasteiger partial charge in [0.15, 0.2) is 0 Å². The molecule has 0 unspecified atom stereocenters. The van der Waals surface area contributed by atoms with Crippen LogP contribution < -0.4 is 10.8 Å². The van der Waals surface area contributed by atoms with Gasteiger partial charge in [-0.15, -0.1) is 0 Å². The Morgan fingerprint density at radius 3 is 2.11 bits per heavy atom. The molecule has 0 saturated heterocycles. The highest BCUT2D eigenvalue weighted by Crippen LogP contribution is 2.10. The van der Waals surface area contributed by atoms with Gasteiger partial charge in [-0.25, -0.2) is 4.79 Å². The summed E-state index contributed by atoms with van der Waals surface area (Å²) in [6.45, 7) is 4.45. The van der Waals surface area contributed by atoms with Crippen molar-refractivity contribution in [1.29, 1.82) is 0 Å². The van der Waals surface area contributed by atoms with Crippen LogP contribution in [0.3, 0.4) is 0 Å². The van der Waals surface area contributed by atoms with Crippen LogP contribution in [0.5, 0.6) is 0 Å². The quantitative estimate of drug-likeness (QED) is 0.662. The van der Waals surface area contributed by atoms with Gasteiger partial charge in [-0.2, -0.15) is 5.48 Å². The Bertz CT molecular complexity index is 705. The van der Waals surface area contributed by atoms with Crippen molar-refractivity contribution in [2.45, 2.75) is 39.5 Å². The summed E-state index contributed by atoms with van der Waals surface area (Å²) in [4.78, 5) is 29.3. The van der Waals surface area contributed by atoms with Crippen molar-refractivity contribution >= 4 is 12.0 Å². The Hall–Kier alpha value is -2.86. The lowest BCUT2D eigenvalue weighted by molar-refractivity contribution is -0.127. The molecule has 0 aromatic heterocycles. The predicted molar refractivity (Wildman–Crippen MR) is 102 cm³/mol. The molecular weight excluding hydrogens is 344 g/mol. The van der Waals surface area contributed by atoms with Crippen LogP contribution in [0.2, 0.25) is 0 Å². The number of hydroxylamine groups is 1. The minimum atomic E-state index is -0.686. The van der Waals surface area contributed by atoms with Crippen molar-refractivity contribution in [3.05, 3.63) is 71.8 Å². The average Bonchev–Trinajstić information content (AvgIpc) is 2.69. The van der Waals surface area contributed by atoms with E-state index in [1.54, 1.807) is 0 Å². The Morgan fingerprint density at radius 1 is 0.926 bits per heavy atom. The van der Waals surface area contributed by atoms with Gasteiger partial charge in [0.25, 0.3) is 0 Å². The summed E-state index contributed by atoms with van der Waals surface area (Å²) in [5, 5.41) is 2.86. The molecule has 6 nitrogen and oxygen atoms in total. The van der Waals surface area contributed by atoms with Crippen molar-refractivity contribution in [2.24, 2.45) is 5.92 Å². The maximum Gasteiger partial charge on any atom is 0.431 e. The molecule has 0 saturated carbocycles. The van der Waals surface area contributed by atoms with E-state index in [-0.39, 0.29) is 24.9 Å². The second kappa shape index (κ2) is 11.0. The Kier molecular flexibility index (Phi) is 8.32. The lowest BCUT2D eigenvalue weighted by atomic mass is 10.0. The summed E-state index contributed by atoms with van der Waals surface area (Å²) in [5.74, 6) is -0.0982. The molecule has 2 rings (SSSR count). The molecule has 2 aromatic carbocycles. The van der Waals surface area contributed by atoms with E-state index < -0.39 is 12.2 Å². The van der Waals surface area contributed by atoms with E-state index in [1.165, 1.54) is 0 Å². The van der Waals surface area contributed by atoms with Crippen molar-refractivity contribution in [1.82, 2.24) is 10.8 Å². The maximum atomic E-state index is 12.2. The first-order valence-electron chi connectivity index (χ1n) is 8.97. The Labute approximate surface area is 159 Å². The number of carbonyl (C=O) groups is 2. The minimum Gasteiger partial charge on any atom is -0.443 e. The van der Waals surface area contributed by atoms with E-state index in [0.29, 0.717) is 6.54 Å². The molecule has 0 aliphatic heterocycles. The van der Waals surface area contributed by atoms with Crippen LogP contribution in [-0.4, -0.2) is 18.1 Å². The SMILES string of the molecule is CC(C)[C@H](CC(=O)NCc1ccccc1)ONC(=O)OCc1ccccc1. The molecule has 0 spiro atoms. The highest BCUT2D eigenvalue weighted by molar-refractivity contribution is 5.76. The molecule has 144 valence electrons. The summed E-state index contributed by atoms with van der Waals surface area (Å²) in [5.41, 5.74) is 4.18. The molecule has 6 heteroatoms. The number of nitrogens with one attached hydrogen (secondary N) is 2. The van der Waals surface area contributed by atoms with Gasteiger partial charge in [0, 0.05) is 6.54 Å². The molecule has 2 N–H and O–H groups in total. The fourth-order valence-corrected chi connectivity index (χ4v) is 2.34. The van der Waals surface area contributed by atoms with Crippen LogP contribution in [0.4, 0.5) is 4.79 Å². The largest absolute Gasteiger partial charge is 0.443 e. The molecule has 0 aliphatic rings. The molecule has 0 aliphatic carbocycles. The van der Waals surface area contributed by atoms with Gasteiger partial charge in [-0.3, -0.25) is 9.63 Å². The standard InChI is InChI=1S/C21H26N2O4/c1-16(2)19(13-20(24)22-14-17-9-5-3-6-10-17)27-23-21(25)26-15-18-11-7-4-8-12-18/h3-12,16,19H,13-15H2,1-2H3,(H,22,24)(H,23,25)/t19-/m0/s1. The molecule has 0 fully saturated rings. The highest BCUT2D eigenvalue weighted by atomic mass is 16.7. The number of amides is 2. The third-order valence-corrected chi connectivity index (χ3v) is 3.97. The minimum absolute atomic E-state index is 0.0434. The topological polar surface area (TPSA) is 76.7 Å². The van der Waals surface area contributed by atoms with Gasteiger partial charge in [-0.1, -0.05) is 74.5 Å². The number of benzene rings is 2. The van der Waals surface area contributed by atoms with E-state index in [9.17, 15) is 9.59 Å². The number of hydrogen-bond acceptors (Lipinski definition) is 4. The van der Waals surface area contributed by atoms with E-state index in [4.69, 9.17) is 9.57 Å². The van der Waals surface area contributed by atoms with E-state index in [2.05, 4.69) is 10.8 Å². The number of ether oxygens (including phenoxy) is 1. The second-order valence-corrected chi connectivity index (χ2v) is 6.53. The third-order valence-electron chi connectivity index (χ3n) is 3.97. The van der Waals surface area contributed by atoms with Crippen molar-refractivity contribution in [2.75, 3.05) is 0 Å². The van der Waals surface area contributed by atoms with Crippen molar-refractivity contribution in [3.63, 3.8) is 0 Å². The van der Waals surface area contributed by atoms with Crippen LogP contribution in [-0.2, 0) is 27.5 Å². The second-order valence-electron chi connectivity index (χ2n) is 6.53. The summed E-state index contributed by atoms with van der Waals surface area (Å²) in [7, 11) is 0. The van der Waals surface area contributed by atoms with Crippen LogP contribution >= 0.6 is 0 Å². The van der Waals surface area contributed by atoms with E-state index in [0.717, 1.165) is 11.1 Å². The summed E-state index contributed by atoms with van der Waals surface area (Å²) in [6, 6.07) is 19.0. The summed E-state index contributed by atoms with van der Waals surface area (Å²) >= 11 is 0. The maximum absolute atomic E-state index is 12.2. The van der Waals surface area contributed by atoms with Crippen LogP contribution in [0.15, 0.2) is 60.7 Å². The fourth-order valence-electron chi connectivity index (χ4n) is 2.34. The Morgan fingerprint density at radius 2 is 1.52 bits per heavy atom. The summed E-state index contributed by atoms with van der Waals surface area (Å²) < 4.78 is 5.09. The number of rotatable bonds is 9. The van der Waals surface area contributed by atoms with Crippen LogP contribution in [0.1, 0.15) is 31.4 Å². The average molecular weight is 370 g/mol. The molecule has 2 amide bonds. The monoisotopic (exact) mass is 370 g/mol. The van der Waals surface area contributed by atoms with Crippen LogP contribution in [0.25, 0.3) is 0 Å². The zero-order valence-corrected chi connectivity index (χ0v) is 15.7. The van der Waals surface area contributed by atoms with Gasteiger partial charge < -0.3 is 10.1 Å². The smallest absolute Gasteiger partial charge is 0.431 e. The van der Waals surface area contributed by atoms with Gasteiger partial charge in [0.2, 0.25) is 5.91 Å². The zero-order chi connectivity index (χ0) is 19.5. The fraction of sp³-hybridized carbons (Fsp3) is 0.333. The molecule has 2 aromatic rings. The molecule has 0 radical (unpaired) electrons. The van der Waals surface area contributed by atoms with Gasteiger partial charge in [0.1, 0.15) is 6.61 Å². The van der Waals surface area contributed by atoms with Gasteiger partial charge in [-0.05, 0) is 17.0 Å². The van der Waals surface area contributed by atoms with Crippen molar-refractivity contribution in [3.8, 4) is 0 Å². The van der Waals surface area contributed by atoms with Crippen molar-refractivity contribution < 1.29 is 19.2 Å². The third kappa shape index (κ3) is 7.92. The normalized spacial score (nSPS) is 11.7. The molecule has 0 heterocycles. The van der Waals surface area contributed by atoms with E-state index in [1.807, 2.05) is 74.5 Å².